The molecular weight excluding hydrogens is 275 g/mol. The van der Waals surface area contributed by atoms with Crippen LogP contribution in [0.25, 0.3) is 0 Å². The molecule has 6 heteroatoms. The maximum Gasteiger partial charge on any atom is 0.255 e. The molecule has 1 fully saturated rings. The fourth-order valence-corrected chi connectivity index (χ4v) is 2.51. The van der Waals surface area contributed by atoms with Crippen LogP contribution in [0, 0.1) is 5.92 Å². The van der Waals surface area contributed by atoms with Gasteiger partial charge in [-0.3, -0.25) is 4.79 Å². The van der Waals surface area contributed by atoms with Crippen LogP contribution in [-0.2, 0) is 0 Å². The molecule has 0 aromatic carbocycles. The van der Waals surface area contributed by atoms with Crippen molar-refractivity contribution in [2.45, 2.75) is 19.4 Å². The molecular formula is C12H14Cl2N2O2. The third kappa shape index (κ3) is 2.46. The first kappa shape index (κ1) is 13.6. The number of hydrogen-bond donors (Lipinski definition) is 1. The molecule has 0 aliphatic carbocycles. The topological polar surface area (TPSA) is 53.4 Å². The molecule has 1 aromatic heterocycles. The van der Waals surface area contributed by atoms with Crippen molar-refractivity contribution >= 4 is 29.1 Å². The molecule has 1 N–H and O–H groups in total. The number of likely N-dealkylation sites (tertiary alicyclic amines) is 1. The Hall–Kier alpha value is -0.840. The monoisotopic (exact) mass is 288 g/mol. The van der Waals surface area contributed by atoms with E-state index in [1.165, 1.54) is 12.3 Å². The van der Waals surface area contributed by atoms with Crippen LogP contribution in [0.15, 0.2) is 12.3 Å². The molecule has 98 valence electrons. The summed E-state index contributed by atoms with van der Waals surface area (Å²) in [6.45, 7) is 2.65. The Labute approximate surface area is 116 Å². The zero-order valence-corrected chi connectivity index (χ0v) is 11.4. The van der Waals surface area contributed by atoms with E-state index in [9.17, 15) is 9.90 Å². The predicted molar refractivity (Wildman–Crippen MR) is 69.9 cm³/mol. The Bertz CT molecular complexity index is 467. The van der Waals surface area contributed by atoms with Gasteiger partial charge >= 0.3 is 0 Å². The van der Waals surface area contributed by atoms with Gasteiger partial charge in [-0.1, -0.05) is 30.1 Å². The minimum absolute atomic E-state index is 0.0261. The molecule has 2 rings (SSSR count). The van der Waals surface area contributed by atoms with Gasteiger partial charge in [-0.15, -0.1) is 0 Å². The molecule has 0 saturated carbocycles. The summed E-state index contributed by atoms with van der Waals surface area (Å²) in [5.74, 6) is 0.138. The summed E-state index contributed by atoms with van der Waals surface area (Å²) in [6.07, 6.45) is 2.31. The molecule has 2 heterocycles. The van der Waals surface area contributed by atoms with E-state index >= 15 is 0 Å². The van der Waals surface area contributed by atoms with Crippen molar-refractivity contribution in [2.75, 3.05) is 13.2 Å². The first-order valence-corrected chi connectivity index (χ1v) is 6.53. The Kier molecular flexibility index (Phi) is 4.10. The van der Waals surface area contributed by atoms with Crippen LogP contribution >= 0.6 is 23.2 Å². The van der Waals surface area contributed by atoms with Gasteiger partial charge in [-0.2, -0.15) is 0 Å². The highest BCUT2D eigenvalue weighted by atomic mass is 35.5. The van der Waals surface area contributed by atoms with Crippen molar-refractivity contribution in [1.29, 1.82) is 0 Å². The van der Waals surface area contributed by atoms with Crippen molar-refractivity contribution in [3.63, 3.8) is 0 Å². The number of pyridine rings is 1. The van der Waals surface area contributed by atoms with Gasteiger partial charge in [0.15, 0.2) is 0 Å². The molecule has 0 bridgehead atoms. The lowest BCUT2D eigenvalue weighted by atomic mass is 10.0. The Balaban J connectivity index is 2.23. The lowest BCUT2D eigenvalue weighted by molar-refractivity contribution is 0.0648. The molecule has 1 amide bonds. The highest BCUT2D eigenvalue weighted by Gasteiger charge is 2.34. The molecule has 0 radical (unpaired) electrons. The fraction of sp³-hybridized carbons (Fsp3) is 0.500. The van der Waals surface area contributed by atoms with Gasteiger partial charge in [-0.25, -0.2) is 4.98 Å². The maximum atomic E-state index is 12.3. The summed E-state index contributed by atoms with van der Waals surface area (Å²) < 4.78 is 0. The highest BCUT2D eigenvalue weighted by Crippen LogP contribution is 2.27. The second kappa shape index (κ2) is 5.43. The summed E-state index contributed by atoms with van der Waals surface area (Å²) in [7, 11) is 0. The van der Waals surface area contributed by atoms with Crippen molar-refractivity contribution in [3.8, 4) is 0 Å². The van der Waals surface area contributed by atoms with Crippen molar-refractivity contribution < 1.29 is 9.90 Å². The van der Waals surface area contributed by atoms with Crippen LogP contribution in [0.3, 0.4) is 0 Å². The number of halogens is 2. The van der Waals surface area contributed by atoms with Crippen LogP contribution in [0.1, 0.15) is 23.7 Å². The van der Waals surface area contributed by atoms with Gasteiger partial charge in [0.25, 0.3) is 5.91 Å². The molecule has 0 spiro atoms. The molecule has 4 nitrogen and oxygen atoms in total. The molecule has 2 unspecified atom stereocenters. The largest absolute Gasteiger partial charge is 0.394 e. The Morgan fingerprint density at radius 2 is 2.33 bits per heavy atom. The fourth-order valence-electron chi connectivity index (χ4n) is 2.24. The first-order valence-electron chi connectivity index (χ1n) is 5.77. The number of hydrogen-bond acceptors (Lipinski definition) is 3. The second-order valence-corrected chi connectivity index (χ2v) is 5.28. The Morgan fingerprint density at radius 1 is 1.61 bits per heavy atom. The summed E-state index contributed by atoms with van der Waals surface area (Å²) in [5.41, 5.74) is 0.400. The third-order valence-electron chi connectivity index (χ3n) is 3.37. The lowest BCUT2D eigenvalue weighted by Gasteiger charge is -2.25. The number of carbonyl (C=O) groups is 1. The highest BCUT2D eigenvalue weighted by molar-refractivity contribution is 6.41. The standard InChI is InChI=1S/C12H14Cl2N2O2/c1-7-2-3-16(10(7)6-17)12(18)8-4-9(13)11(14)15-5-8/h4-5,7,10,17H,2-3,6H2,1H3. The third-order valence-corrected chi connectivity index (χ3v) is 4.06. The molecule has 18 heavy (non-hydrogen) atoms. The SMILES string of the molecule is CC1CCN(C(=O)c2cnc(Cl)c(Cl)c2)C1CO. The van der Waals surface area contributed by atoms with E-state index in [4.69, 9.17) is 23.2 Å². The van der Waals surface area contributed by atoms with E-state index in [0.29, 0.717) is 18.0 Å². The van der Waals surface area contributed by atoms with Crippen molar-refractivity contribution in [3.05, 3.63) is 28.0 Å². The summed E-state index contributed by atoms with van der Waals surface area (Å²) >= 11 is 11.6. The van der Waals surface area contributed by atoms with Gasteiger partial charge in [0.2, 0.25) is 0 Å². The van der Waals surface area contributed by atoms with Crippen LogP contribution in [0.5, 0.6) is 0 Å². The lowest BCUT2D eigenvalue weighted by Crippen LogP contribution is -2.39. The average molecular weight is 289 g/mol. The summed E-state index contributed by atoms with van der Waals surface area (Å²) in [6, 6.07) is 1.38. The number of nitrogens with zero attached hydrogens (tertiary/aromatic N) is 2. The number of aliphatic hydroxyl groups excluding tert-OH is 1. The first-order chi connectivity index (χ1) is 8.54. The normalized spacial score (nSPS) is 23.4. The molecule has 2 atom stereocenters. The van der Waals surface area contributed by atoms with Gasteiger partial charge in [0.1, 0.15) is 5.15 Å². The molecule has 1 aromatic rings. The summed E-state index contributed by atoms with van der Waals surface area (Å²) in [5, 5.41) is 9.79. The van der Waals surface area contributed by atoms with Crippen LogP contribution in [0.4, 0.5) is 0 Å². The van der Waals surface area contributed by atoms with E-state index in [1.807, 2.05) is 6.92 Å². The van der Waals surface area contributed by atoms with Gasteiger partial charge in [0, 0.05) is 12.7 Å². The van der Waals surface area contributed by atoms with Gasteiger partial charge in [0.05, 0.1) is 23.2 Å². The van der Waals surface area contributed by atoms with Crippen molar-refractivity contribution in [2.24, 2.45) is 5.92 Å². The molecule has 1 saturated heterocycles. The number of aromatic nitrogens is 1. The van der Waals surface area contributed by atoms with E-state index < -0.39 is 0 Å². The zero-order chi connectivity index (χ0) is 13.3. The number of aliphatic hydroxyl groups is 1. The number of amides is 1. The minimum Gasteiger partial charge on any atom is -0.394 e. The smallest absolute Gasteiger partial charge is 0.255 e. The molecule has 1 aliphatic rings. The van der Waals surface area contributed by atoms with Gasteiger partial charge < -0.3 is 10.0 Å². The van der Waals surface area contributed by atoms with E-state index in [-0.39, 0.29) is 28.7 Å². The van der Waals surface area contributed by atoms with Crippen molar-refractivity contribution in [1.82, 2.24) is 9.88 Å². The number of carbonyl (C=O) groups excluding carboxylic acids is 1. The average Bonchev–Trinajstić information content (AvgIpc) is 2.73. The van der Waals surface area contributed by atoms with E-state index in [0.717, 1.165) is 6.42 Å². The minimum atomic E-state index is -0.163. The van der Waals surface area contributed by atoms with Crippen LogP contribution in [0.2, 0.25) is 10.2 Å². The quantitative estimate of drug-likeness (QED) is 0.849. The Morgan fingerprint density at radius 3 is 2.94 bits per heavy atom. The van der Waals surface area contributed by atoms with Gasteiger partial charge in [-0.05, 0) is 18.4 Å². The van der Waals surface area contributed by atoms with Crippen LogP contribution < -0.4 is 0 Å². The van der Waals surface area contributed by atoms with E-state index in [2.05, 4.69) is 4.98 Å². The van der Waals surface area contributed by atoms with Crippen LogP contribution in [-0.4, -0.2) is 40.1 Å². The zero-order valence-electron chi connectivity index (χ0n) is 9.94. The summed E-state index contributed by atoms with van der Waals surface area (Å²) in [4.78, 5) is 17.8. The molecule has 1 aliphatic heterocycles. The second-order valence-electron chi connectivity index (χ2n) is 4.51. The number of rotatable bonds is 2. The maximum absolute atomic E-state index is 12.3. The predicted octanol–water partition coefficient (Wildman–Crippen LogP) is 2.23. The van der Waals surface area contributed by atoms with E-state index in [1.54, 1.807) is 4.90 Å².